The van der Waals surface area contributed by atoms with Crippen LogP contribution in [0.4, 0.5) is 0 Å². The van der Waals surface area contributed by atoms with E-state index in [9.17, 15) is 8.42 Å². The Kier molecular flexibility index (Phi) is 9.63. The Morgan fingerprint density at radius 1 is 0.767 bits per heavy atom. The van der Waals surface area contributed by atoms with Gasteiger partial charge in [-0.3, -0.25) is 0 Å². The average Bonchev–Trinajstić information content (AvgIpc) is 2.74. The third kappa shape index (κ3) is 6.45. The topological polar surface area (TPSA) is 43.4 Å². The highest BCUT2D eigenvalue weighted by atomic mass is 32.2. The molecule has 0 bridgehead atoms. The van der Waals surface area contributed by atoms with Crippen LogP contribution in [0.15, 0.2) is 53.4 Å². The zero-order valence-electron chi connectivity index (χ0n) is 19.1. The van der Waals surface area contributed by atoms with Gasteiger partial charge in [-0.15, -0.1) is 0 Å². The zero-order chi connectivity index (χ0) is 22.0. The molecule has 0 radical (unpaired) electrons. The van der Waals surface area contributed by atoms with Crippen molar-refractivity contribution in [2.24, 2.45) is 0 Å². The van der Waals surface area contributed by atoms with Gasteiger partial charge in [0.25, 0.3) is 0 Å². The van der Waals surface area contributed by atoms with Crippen molar-refractivity contribution in [2.75, 3.05) is 0 Å². The molecular formula is C25H38O3SSi. The number of unbranched alkanes of at least 4 members (excludes halogenated alkanes) is 3. The van der Waals surface area contributed by atoms with E-state index in [0.29, 0.717) is 5.75 Å². The second-order valence-corrected chi connectivity index (χ2v) is 14.6. The summed E-state index contributed by atoms with van der Waals surface area (Å²) in [7, 11) is -5.73. The molecule has 0 amide bonds. The van der Waals surface area contributed by atoms with Crippen LogP contribution in [0, 0.1) is 6.92 Å². The number of hydrogen-bond acceptors (Lipinski definition) is 3. The summed E-state index contributed by atoms with van der Waals surface area (Å²) in [6.07, 6.45) is 7.07. The zero-order valence-corrected chi connectivity index (χ0v) is 20.9. The van der Waals surface area contributed by atoms with Crippen LogP contribution in [0.1, 0.15) is 64.9 Å². The van der Waals surface area contributed by atoms with Crippen molar-refractivity contribution in [3.63, 3.8) is 0 Å². The number of hydrogen-bond donors (Lipinski definition) is 0. The van der Waals surface area contributed by atoms with Crippen LogP contribution in [0.5, 0.6) is 5.75 Å². The molecule has 5 heteroatoms. The third-order valence-corrected chi connectivity index (χ3v) is 12.7. The average molecular weight is 447 g/mol. The van der Waals surface area contributed by atoms with Gasteiger partial charge in [0.1, 0.15) is 10.6 Å². The molecule has 166 valence electrons. The highest BCUT2D eigenvalue weighted by Gasteiger charge is 2.36. The van der Waals surface area contributed by atoms with Gasteiger partial charge in [0.2, 0.25) is 0 Å². The second kappa shape index (κ2) is 11.7. The molecule has 2 rings (SSSR count). The fourth-order valence-corrected chi connectivity index (χ4v) is 11.0. The van der Waals surface area contributed by atoms with Crippen molar-refractivity contribution in [1.29, 1.82) is 0 Å². The van der Waals surface area contributed by atoms with Crippen molar-refractivity contribution >= 4 is 23.4 Å². The predicted molar refractivity (Wildman–Crippen MR) is 130 cm³/mol. The van der Waals surface area contributed by atoms with E-state index in [1.807, 2.05) is 37.3 Å². The summed E-state index contributed by atoms with van der Waals surface area (Å²) in [5.41, 5.74) is 1.03. The van der Waals surface area contributed by atoms with Gasteiger partial charge in [-0.05, 0) is 30.3 Å². The lowest BCUT2D eigenvalue weighted by Crippen LogP contribution is -2.48. The first-order valence-electron chi connectivity index (χ1n) is 11.5. The number of benzene rings is 2. The van der Waals surface area contributed by atoms with Crippen LogP contribution >= 0.6 is 0 Å². The first-order chi connectivity index (χ1) is 14.4. The second-order valence-electron chi connectivity index (χ2n) is 8.44. The van der Waals surface area contributed by atoms with E-state index in [0.717, 1.165) is 24.8 Å². The summed E-state index contributed by atoms with van der Waals surface area (Å²) in [6, 6.07) is 18.4. The van der Waals surface area contributed by atoms with Crippen LogP contribution < -0.4 is 9.37 Å². The minimum absolute atomic E-state index is 0.214. The SMILES string of the molecule is CCCC[Si](CCCC)(CCCC)c1ccccc1OS(=O)(=O)c1ccc(C)cc1. The van der Waals surface area contributed by atoms with E-state index >= 15 is 0 Å². The molecule has 0 aliphatic heterocycles. The minimum Gasteiger partial charge on any atom is -0.379 e. The minimum atomic E-state index is -3.85. The monoisotopic (exact) mass is 446 g/mol. The van der Waals surface area contributed by atoms with Gasteiger partial charge >= 0.3 is 10.1 Å². The molecule has 2 aromatic carbocycles. The molecule has 0 heterocycles. The normalized spacial score (nSPS) is 12.1. The Hall–Kier alpha value is -1.59. The first-order valence-corrected chi connectivity index (χ1v) is 15.5. The number of para-hydroxylation sites is 1. The van der Waals surface area contributed by atoms with Crippen molar-refractivity contribution < 1.29 is 12.6 Å². The van der Waals surface area contributed by atoms with Gasteiger partial charge in [-0.2, -0.15) is 8.42 Å². The Morgan fingerprint density at radius 2 is 1.27 bits per heavy atom. The first kappa shape index (κ1) is 24.7. The summed E-state index contributed by atoms with van der Waals surface area (Å²) in [4.78, 5) is 0.214. The lowest BCUT2D eigenvalue weighted by Gasteiger charge is -2.34. The molecule has 0 saturated heterocycles. The molecule has 0 atom stereocenters. The summed E-state index contributed by atoms with van der Waals surface area (Å²) in [5.74, 6) is 0.549. The molecule has 0 fully saturated rings. The van der Waals surface area contributed by atoms with E-state index < -0.39 is 18.2 Å². The van der Waals surface area contributed by atoms with Crippen LogP contribution in [-0.4, -0.2) is 16.5 Å². The standard InChI is InChI=1S/C25H38O3SSi/c1-5-8-19-30(20-9-6-2,21-10-7-3)25-14-12-11-13-24(25)28-29(26,27)23-17-15-22(4)16-18-23/h11-18H,5-10,19-21H2,1-4H3. The Morgan fingerprint density at radius 3 is 1.77 bits per heavy atom. The molecule has 0 unspecified atom stereocenters. The van der Waals surface area contributed by atoms with Gasteiger partial charge in [-0.25, -0.2) is 0 Å². The van der Waals surface area contributed by atoms with E-state index in [2.05, 4.69) is 26.8 Å². The maximum atomic E-state index is 13.0. The van der Waals surface area contributed by atoms with Crippen LogP contribution in [0.2, 0.25) is 18.1 Å². The van der Waals surface area contributed by atoms with Crippen molar-refractivity contribution in [3.8, 4) is 5.75 Å². The highest BCUT2D eigenvalue weighted by Crippen LogP contribution is 2.32. The van der Waals surface area contributed by atoms with Gasteiger partial charge in [0.15, 0.2) is 0 Å². The maximum absolute atomic E-state index is 13.0. The molecule has 0 aromatic heterocycles. The quantitative estimate of drug-likeness (QED) is 0.250. The van der Waals surface area contributed by atoms with Crippen LogP contribution in [-0.2, 0) is 10.1 Å². The Bertz CT molecular complexity index is 854. The van der Waals surface area contributed by atoms with E-state index in [-0.39, 0.29) is 4.90 Å². The molecular weight excluding hydrogens is 408 g/mol. The van der Waals surface area contributed by atoms with E-state index in [1.54, 1.807) is 12.1 Å². The van der Waals surface area contributed by atoms with Crippen molar-refractivity contribution in [2.45, 2.75) is 89.2 Å². The van der Waals surface area contributed by atoms with E-state index in [4.69, 9.17) is 4.18 Å². The molecule has 3 nitrogen and oxygen atoms in total. The third-order valence-electron chi connectivity index (χ3n) is 5.99. The molecule has 0 aliphatic rings. The molecule has 0 aliphatic carbocycles. The summed E-state index contributed by atoms with van der Waals surface area (Å²) in [6.45, 7) is 8.66. The lowest BCUT2D eigenvalue weighted by atomic mass is 10.2. The molecule has 0 spiro atoms. The van der Waals surface area contributed by atoms with Crippen molar-refractivity contribution in [1.82, 2.24) is 0 Å². The van der Waals surface area contributed by atoms with Crippen LogP contribution in [0.3, 0.4) is 0 Å². The molecule has 2 aromatic rings. The fourth-order valence-electron chi connectivity index (χ4n) is 4.17. The summed E-state index contributed by atoms with van der Waals surface area (Å²) in [5, 5.41) is 1.19. The van der Waals surface area contributed by atoms with Crippen molar-refractivity contribution in [3.05, 3.63) is 54.1 Å². The largest absolute Gasteiger partial charge is 0.379 e. The van der Waals surface area contributed by atoms with Gasteiger partial charge in [0.05, 0.1) is 8.07 Å². The number of aryl methyl sites for hydroxylation is 1. The van der Waals surface area contributed by atoms with Gasteiger partial charge in [-0.1, -0.05) is 113 Å². The van der Waals surface area contributed by atoms with Gasteiger partial charge < -0.3 is 4.18 Å². The van der Waals surface area contributed by atoms with Crippen LogP contribution in [0.25, 0.3) is 0 Å². The summed E-state index contributed by atoms with van der Waals surface area (Å²) < 4.78 is 31.9. The molecule has 30 heavy (non-hydrogen) atoms. The summed E-state index contributed by atoms with van der Waals surface area (Å²) >= 11 is 0. The Balaban J connectivity index is 2.48. The maximum Gasteiger partial charge on any atom is 0.339 e. The Labute approximate surface area is 185 Å². The molecule has 0 N–H and O–H groups in total. The molecule has 0 saturated carbocycles. The van der Waals surface area contributed by atoms with E-state index in [1.165, 1.54) is 42.6 Å². The predicted octanol–water partition coefficient (Wildman–Crippen LogP) is 6.82. The number of rotatable bonds is 13. The highest BCUT2D eigenvalue weighted by molar-refractivity contribution is 7.87. The smallest absolute Gasteiger partial charge is 0.339 e. The lowest BCUT2D eigenvalue weighted by molar-refractivity contribution is 0.487. The van der Waals surface area contributed by atoms with Gasteiger partial charge in [0, 0.05) is 0 Å². The fraction of sp³-hybridized carbons (Fsp3) is 0.520.